The predicted octanol–water partition coefficient (Wildman–Crippen LogP) is 7.91. The van der Waals surface area contributed by atoms with Crippen LogP contribution in [0.25, 0.3) is 0 Å². The number of nitrogens with one attached hydrogen (secondary N) is 1. The Hall–Kier alpha value is -3.71. The molecule has 5 rings (SSSR count). The van der Waals surface area contributed by atoms with E-state index in [9.17, 15) is 4.79 Å². The number of fused-ring (bicyclic) bond motifs is 1. The van der Waals surface area contributed by atoms with Gasteiger partial charge in [0.05, 0.1) is 17.2 Å². The number of ether oxygens (including phenoxy) is 4. The Morgan fingerprint density at radius 2 is 1.74 bits per heavy atom. The molecule has 1 N–H and O–H groups in total. The fraction of sp³-hybridized carbons (Fsp3) is 0.265. The Morgan fingerprint density at radius 1 is 0.929 bits per heavy atom. The number of benzene rings is 4. The maximum absolute atomic E-state index is 12.7. The third-order valence-electron chi connectivity index (χ3n) is 7.23. The topological polar surface area (TPSA) is 66.0 Å². The van der Waals surface area contributed by atoms with Gasteiger partial charge in [-0.25, -0.2) is 0 Å². The molecule has 8 heteroatoms. The van der Waals surface area contributed by atoms with E-state index in [4.69, 9.17) is 42.1 Å². The number of esters is 1. The number of hydrogen-bond donors (Lipinski definition) is 1. The molecule has 0 saturated heterocycles. The lowest BCUT2D eigenvalue weighted by Crippen LogP contribution is -2.41. The summed E-state index contributed by atoms with van der Waals surface area (Å²) in [6.07, 6.45) is 0.994. The van der Waals surface area contributed by atoms with E-state index in [0.29, 0.717) is 46.9 Å². The lowest BCUT2D eigenvalue weighted by atomic mass is 10.00. The van der Waals surface area contributed by atoms with Crippen molar-refractivity contribution in [3.63, 3.8) is 0 Å². The highest BCUT2D eigenvalue weighted by Gasteiger charge is 2.26. The van der Waals surface area contributed by atoms with Crippen molar-refractivity contribution >= 4 is 29.2 Å². The summed E-state index contributed by atoms with van der Waals surface area (Å²) in [6, 6.07) is 28.6. The molecule has 0 saturated carbocycles. The molecule has 0 aromatic heterocycles. The van der Waals surface area contributed by atoms with E-state index in [-0.39, 0.29) is 18.1 Å². The summed E-state index contributed by atoms with van der Waals surface area (Å²) in [5.41, 5.74) is 3.94. The monoisotopic (exact) mass is 605 g/mol. The van der Waals surface area contributed by atoms with E-state index in [1.807, 2.05) is 66.7 Å². The van der Waals surface area contributed by atoms with Crippen molar-refractivity contribution in [2.24, 2.45) is 0 Å². The van der Waals surface area contributed by atoms with Crippen molar-refractivity contribution in [2.45, 2.75) is 44.6 Å². The van der Waals surface area contributed by atoms with Gasteiger partial charge < -0.3 is 18.9 Å². The molecule has 6 nitrogen and oxygen atoms in total. The van der Waals surface area contributed by atoms with Crippen LogP contribution in [-0.2, 0) is 22.6 Å². The number of hydrogen-bond acceptors (Lipinski definition) is 6. The fourth-order valence-corrected chi connectivity index (χ4v) is 5.29. The molecule has 1 heterocycles. The largest absolute Gasteiger partial charge is 0.489 e. The number of halogens is 2. The molecule has 0 amide bonds. The van der Waals surface area contributed by atoms with Crippen molar-refractivity contribution in [3.05, 3.63) is 123 Å². The van der Waals surface area contributed by atoms with Crippen molar-refractivity contribution < 1.29 is 23.7 Å². The lowest BCUT2D eigenvalue weighted by molar-refractivity contribution is -0.143. The molecular formula is C34H33Cl2NO5. The smallest absolute Gasteiger partial charge is 0.323 e. The zero-order valence-electron chi connectivity index (χ0n) is 23.5. The van der Waals surface area contributed by atoms with Gasteiger partial charge in [-0.2, -0.15) is 0 Å². The Balaban J connectivity index is 1.24. The van der Waals surface area contributed by atoms with Crippen LogP contribution in [0.5, 0.6) is 17.2 Å². The van der Waals surface area contributed by atoms with E-state index >= 15 is 0 Å². The van der Waals surface area contributed by atoms with Crippen molar-refractivity contribution in [2.75, 3.05) is 13.7 Å². The summed E-state index contributed by atoms with van der Waals surface area (Å²) >= 11 is 12.1. The first-order valence-corrected chi connectivity index (χ1v) is 14.7. The number of carbonyl (C=O) groups excluding carboxylic acids is 1. The zero-order valence-corrected chi connectivity index (χ0v) is 25.0. The van der Waals surface area contributed by atoms with Gasteiger partial charge in [-0.3, -0.25) is 10.1 Å². The summed E-state index contributed by atoms with van der Waals surface area (Å²) in [6.45, 7) is 2.80. The third kappa shape index (κ3) is 7.37. The molecule has 218 valence electrons. The van der Waals surface area contributed by atoms with Gasteiger partial charge in [-0.1, -0.05) is 84.7 Å². The van der Waals surface area contributed by atoms with Gasteiger partial charge in [0.25, 0.3) is 0 Å². The lowest BCUT2D eigenvalue weighted by Gasteiger charge is -2.28. The molecule has 0 spiro atoms. The minimum atomic E-state index is -0.512. The second-order valence-corrected chi connectivity index (χ2v) is 10.9. The van der Waals surface area contributed by atoms with Gasteiger partial charge in [0.15, 0.2) is 17.6 Å². The molecule has 0 radical (unpaired) electrons. The van der Waals surface area contributed by atoms with Gasteiger partial charge in [0.1, 0.15) is 25.0 Å². The molecule has 42 heavy (non-hydrogen) atoms. The molecule has 0 bridgehead atoms. The molecule has 1 unspecified atom stereocenters. The Morgan fingerprint density at radius 3 is 2.50 bits per heavy atom. The van der Waals surface area contributed by atoms with Crippen molar-refractivity contribution in [1.29, 1.82) is 0 Å². The summed E-state index contributed by atoms with van der Waals surface area (Å²) < 4.78 is 23.6. The van der Waals surface area contributed by atoms with Gasteiger partial charge in [-0.15, -0.1) is 0 Å². The highest BCUT2D eigenvalue weighted by Crippen LogP contribution is 2.38. The highest BCUT2D eigenvalue weighted by atomic mass is 35.5. The van der Waals surface area contributed by atoms with Gasteiger partial charge >= 0.3 is 5.97 Å². The molecule has 4 aromatic carbocycles. The molecule has 1 aliphatic heterocycles. The number of methoxy groups -OCH3 is 1. The van der Waals surface area contributed by atoms with Crippen LogP contribution in [-0.4, -0.2) is 25.7 Å². The Bertz CT molecular complexity index is 1510. The molecule has 3 atom stereocenters. The summed E-state index contributed by atoms with van der Waals surface area (Å²) in [5.74, 6) is 1.70. The van der Waals surface area contributed by atoms with Crippen LogP contribution in [0.2, 0.25) is 10.0 Å². The van der Waals surface area contributed by atoms with Gasteiger partial charge in [0.2, 0.25) is 0 Å². The molecule has 0 fully saturated rings. The van der Waals surface area contributed by atoms with Crippen LogP contribution < -0.4 is 19.5 Å². The van der Waals surface area contributed by atoms with E-state index in [2.05, 4.69) is 24.4 Å². The fourth-order valence-electron chi connectivity index (χ4n) is 4.97. The van der Waals surface area contributed by atoms with Crippen LogP contribution >= 0.6 is 23.2 Å². The molecule has 0 aliphatic carbocycles. The summed E-state index contributed by atoms with van der Waals surface area (Å²) in [7, 11) is 1.41. The first-order chi connectivity index (χ1) is 20.4. The molecule has 1 aliphatic rings. The normalized spacial score (nSPS) is 15.5. The summed E-state index contributed by atoms with van der Waals surface area (Å²) in [4.78, 5) is 12.7. The summed E-state index contributed by atoms with van der Waals surface area (Å²) in [5, 5.41) is 4.50. The molecular weight excluding hydrogens is 573 g/mol. The maximum atomic E-state index is 12.7. The van der Waals surface area contributed by atoms with E-state index in [1.54, 1.807) is 12.1 Å². The van der Waals surface area contributed by atoms with Crippen LogP contribution in [0.1, 0.15) is 47.7 Å². The Kier molecular flexibility index (Phi) is 9.90. The second-order valence-electron chi connectivity index (χ2n) is 10.1. The third-order valence-corrected chi connectivity index (χ3v) is 7.96. The minimum Gasteiger partial charge on any atom is -0.489 e. The van der Waals surface area contributed by atoms with Crippen molar-refractivity contribution in [3.8, 4) is 17.2 Å². The first-order valence-electron chi connectivity index (χ1n) is 13.9. The van der Waals surface area contributed by atoms with Crippen molar-refractivity contribution in [1.82, 2.24) is 5.32 Å². The zero-order chi connectivity index (χ0) is 29.5. The van der Waals surface area contributed by atoms with Crippen LogP contribution in [0, 0.1) is 0 Å². The molecule has 4 aromatic rings. The predicted molar refractivity (Wildman–Crippen MR) is 165 cm³/mol. The van der Waals surface area contributed by atoms with Crippen LogP contribution in [0.4, 0.5) is 0 Å². The quantitative estimate of drug-likeness (QED) is 0.175. The average Bonchev–Trinajstić information content (AvgIpc) is 3.03. The second kappa shape index (κ2) is 14.0. The highest BCUT2D eigenvalue weighted by molar-refractivity contribution is 6.42. The van der Waals surface area contributed by atoms with E-state index in [0.717, 1.165) is 28.7 Å². The maximum Gasteiger partial charge on any atom is 0.323 e. The van der Waals surface area contributed by atoms with E-state index < -0.39 is 6.04 Å². The van der Waals surface area contributed by atoms with Crippen LogP contribution in [0.15, 0.2) is 91.0 Å². The number of rotatable bonds is 11. The Labute approximate surface area is 256 Å². The average molecular weight is 607 g/mol. The van der Waals surface area contributed by atoms with Crippen LogP contribution in [0.3, 0.4) is 0 Å². The number of carbonyl (C=O) groups is 1. The van der Waals surface area contributed by atoms with Gasteiger partial charge in [-0.05, 0) is 71.5 Å². The standard InChI is InChI=1S/C34H33Cl2NO5/c1-3-29(24-8-5-4-6-9-24)37-30(34(38)39-2)17-22-13-15-31-32(18-22)41-21-33(42-31)25-10-7-11-26(19-25)40-20-23-12-14-27(35)28(36)16-23/h4-16,18-19,29-30,33,37H,3,17,20-21H2,1-2H3/t29?,30-,33+/m0/s1. The SMILES string of the molecule is CCC(N[C@@H](Cc1ccc2c(c1)OC[C@H](c1cccc(OCc3ccc(Cl)c(Cl)c3)c1)O2)C(=O)OC)c1ccccc1. The van der Waals surface area contributed by atoms with E-state index in [1.165, 1.54) is 7.11 Å². The first kappa shape index (κ1) is 29.8. The van der Waals surface area contributed by atoms with Gasteiger partial charge in [0, 0.05) is 6.04 Å². The minimum absolute atomic E-state index is 0.0250.